The first kappa shape index (κ1) is 66.0. The average Bonchev–Trinajstić information content (AvgIpc) is 1.01. The summed E-state index contributed by atoms with van der Waals surface area (Å²) >= 11 is 1.88. The number of thiophene rings is 1. The molecule has 3 heterocycles. The van der Waals surface area contributed by atoms with Gasteiger partial charge < -0.3 is 18.9 Å². The lowest BCUT2D eigenvalue weighted by molar-refractivity contribution is 1.19. The lowest BCUT2D eigenvalue weighted by Crippen LogP contribution is -2.09. The second-order valence-corrected chi connectivity index (χ2v) is 31.3. The third-order valence-electron chi connectivity index (χ3n) is 23.8. The minimum Gasteiger partial charge on any atom is -0.311 e. The molecule has 0 bridgehead atoms. The van der Waals surface area contributed by atoms with Gasteiger partial charge in [-0.05, 0) is 238 Å². The van der Waals surface area contributed by atoms with Crippen LogP contribution in [0, 0.1) is 0 Å². The predicted octanol–water partition coefficient (Wildman–Crippen LogP) is 31.3. The normalized spacial score (nSPS) is 11.8. The summed E-state index contributed by atoms with van der Waals surface area (Å²) in [6.07, 6.45) is 0. The maximum atomic E-state index is 2.50. The molecule has 21 aromatic carbocycles. The quantitative estimate of drug-likeness (QED) is 0.113. The Morgan fingerprint density at radius 1 is 0.183 bits per heavy atom. The number of para-hydroxylation sites is 6. The van der Waals surface area contributed by atoms with Gasteiger partial charge in [-0.1, -0.05) is 285 Å². The molecule has 0 N–H and O–H groups in total. The van der Waals surface area contributed by atoms with Gasteiger partial charge in [0.2, 0.25) is 0 Å². The fourth-order valence-corrected chi connectivity index (χ4v) is 19.9. The highest BCUT2D eigenvalue weighted by Gasteiger charge is 2.26. The van der Waals surface area contributed by atoms with E-state index in [1.807, 2.05) is 11.3 Å². The van der Waals surface area contributed by atoms with Gasteiger partial charge in [0, 0.05) is 98.0 Å². The van der Waals surface area contributed by atoms with Gasteiger partial charge in [0.15, 0.2) is 0 Å². The van der Waals surface area contributed by atoms with Crippen molar-refractivity contribution in [3.63, 3.8) is 0 Å². The molecule has 24 rings (SSSR count). The first-order valence-corrected chi connectivity index (χ1v) is 40.3. The predicted molar refractivity (Wildman–Crippen MR) is 493 cm³/mol. The maximum Gasteiger partial charge on any atom is 0.0620 e. The highest BCUT2D eigenvalue weighted by atomic mass is 32.1. The molecule has 0 aliphatic rings. The van der Waals surface area contributed by atoms with Gasteiger partial charge >= 0.3 is 0 Å². The number of rotatable bonds is 12. The Kier molecular flexibility index (Phi) is 15.5. The molecule has 115 heavy (non-hydrogen) atoms. The molecule has 5 heteroatoms. The number of nitrogens with zero attached hydrogens (tertiary/aromatic N) is 4. The Labute approximate surface area is 668 Å². The van der Waals surface area contributed by atoms with Crippen LogP contribution in [0.3, 0.4) is 0 Å². The van der Waals surface area contributed by atoms with E-state index < -0.39 is 0 Å². The third kappa shape index (κ3) is 10.8. The van der Waals surface area contributed by atoms with Crippen LogP contribution < -0.4 is 9.80 Å². The fourth-order valence-electron chi connectivity index (χ4n) is 18.7. The van der Waals surface area contributed by atoms with Crippen molar-refractivity contribution in [1.82, 2.24) is 9.13 Å². The maximum absolute atomic E-state index is 2.50. The highest BCUT2D eigenvalue weighted by molar-refractivity contribution is 7.25. The van der Waals surface area contributed by atoms with Crippen LogP contribution in [0.1, 0.15) is 0 Å². The Morgan fingerprint density at radius 2 is 0.574 bits per heavy atom. The van der Waals surface area contributed by atoms with Crippen molar-refractivity contribution in [3.8, 4) is 55.9 Å². The van der Waals surface area contributed by atoms with Crippen LogP contribution in [0.4, 0.5) is 34.1 Å². The highest BCUT2D eigenvalue weighted by Crippen LogP contribution is 2.51. The lowest BCUT2D eigenvalue weighted by atomic mass is 9.88. The molecule has 0 unspecified atom stereocenters. The molecule has 536 valence electrons. The molecule has 24 aromatic rings. The van der Waals surface area contributed by atoms with E-state index >= 15 is 0 Å². The van der Waals surface area contributed by atoms with Crippen LogP contribution >= 0.6 is 11.3 Å². The van der Waals surface area contributed by atoms with Crippen molar-refractivity contribution >= 4 is 174 Å². The molecule has 0 aliphatic heterocycles. The Hall–Kier alpha value is -14.9. The monoisotopic (exact) mass is 1480 g/mol. The minimum absolute atomic E-state index is 1.12. The standard InChI is InChI=1S/C58H36N2S.C52H34N2/c1-4-13-41(14-5-1)59(42-15-6-2-7-16-42)44-29-25-37(26-30-44)45-31-27-38-23-24-40-35-51-57-46(39-28-32-48-47-19-10-11-22-53(47)61-54(48)36-39)20-12-21-52(57)60(43-17-8-3-9-18-43)58(51)50-34-33-49(45)55(38)56(40)50;1-5-13-35(14-6-1)38-26-32-49-47(33-38)48-34-39-22-21-37-25-29-44(45-30-31-46(51(39)50(37)45)52(48)54(49)42-19-11-4-12-20-42)36-23-27-43(28-24-36)53(40-15-7-2-8-16-40)41-17-9-3-10-18-41/h1-36H;1-34H. The zero-order valence-corrected chi connectivity index (χ0v) is 63.4. The molecule has 0 spiro atoms. The van der Waals surface area contributed by atoms with Gasteiger partial charge in [-0.25, -0.2) is 0 Å². The van der Waals surface area contributed by atoms with Crippen LogP contribution in [-0.4, -0.2) is 9.13 Å². The molecule has 0 fully saturated rings. The molecule has 0 atom stereocenters. The summed E-state index contributed by atoms with van der Waals surface area (Å²) in [5.74, 6) is 0. The van der Waals surface area contributed by atoms with Crippen molar-refractivity contribution in [2.75, 3.05) is 9.80 Å². The van der Waals surface area contributed by atoms with Crippen LogP contribution in [0.5, 0.6) is 0 Å². The smallest absolute Gasteiger partial charge is 0.0620 e. The van der Waals surface area contributed by atoms with Crippen LogP contribution in [0.25, 0.3) is 184 Å². The fraction of sp³-hybridized carbons (Fsp3) is 0. The van der Waals surface area contributed by atoms with Crippen molar-refractivity contribution in [1.29, 1.82) is 0 Å². The summed E-state index contributed by atoms with van der Waals surface area (Å²) in [7, 11) is 0. The molecule has 0 aliphatic carbocycles. The van der Waals surface area contributed by atoms with E-state index in [0.29, 0.717) is 0 Å². The van der Waals surface area contributed by atoms with E-state index in [-0.39, 0.29) is 0 Å². The van der Waals surface area contributed by atoms with E-state index in [9.17, 15) is 0 Å². The largest absolute Gasteiger partial charge is 0.311 e. The molecule has 0 saturated carbocycles. The van der Waals surface area contributed by atoms with E-state index in [4.69, 9.17) is 0 Å². The van der Waals surface area contributed by atoms with Gasteiger partial charge in [-0.15, -0.1) is 11.3 Å². The number of anilines is 6. The Balaban J connectivity index is 0.000000137. The van der Waals surface area contributed by atoms with E-state index in [0.717, 1.165) is 39.8 Å². The van der Waals surface area contributed by atoms with Crippen molar-refractivity contribution in [2.45, 2.75) is 0 Å². The topological polar surface area (TPSA) is 16.3 Å². The zero-order valence-electron chi connectivity index (χ0n) is 62.6. The average molecular weight is 1480 g/mol. The van der Waals surface area contributed by atoms with Crippen molar-refractivity contribution in [2.24, 2.45) is 0 Å². The summed E-state index contributed by atoms with van der Waals surface area (Å²) in [5, 5.41) is 23.1. The van der Waals surface area contributed by atoms with E-state index in [1.54, 1.807) is 0 Å². The van der Waals surface area contributed by atoms with Crippen LogP contribution in [0.15, 0.2) is 425 Å². The molecular weight excluding hydrogens is 1410 g/mol. The second kappa shape index (κ2) is 27.0. The van der Waals surface area contributed by atoms with E-state index in [1.165, 1.54) is 179 Å². The molecular formula is C110H70N4S. The number of aromatic nitrogens is 2. The third-order valence-corrected chi connectivity index (χ3v) is 24.9. The van der Waals surface area contributed by atoms with Crippen molar-refractivity contribution in [3.05, 3.63) is 425 Å². The van der Waals surface area contributed by atoms with Gasteiger partial charge in [0.05, 0.1) is 22.1 Å². The first-order chi connectivity index (χ1) is 57.1. The molecule has 0 amide bonds. The molecule has 3 aromatic heterocycles. The van der Waals surface area contributed by atoms with Gasteiger partial charge in [-0.2, -0.15) is 0 Å². The van der Waals surface area contributed by atoms with Crippen LogP contribution in [-0.2, 0) is 0 Å². The molecule has 0 saturated heterocycles. The summed E-state index contributed by atoms with van der Waals surface area (Å²) in [6.45, 7) is 0. The van der Waals surface area contributed by atoms with E-state index in [2.05, 4.69) is 444 Å². The number of fused-ring (bicyclic) bond motifs is 11. The van der Waals surface area contributed by atoms with Gasteiger partial charge in [0.25, 0.3) is 0 Å². The first-order valence-electron chi connectivity index (χ1n) is 39.5. The number of hydrogen-bond acceptors (Lipinski definition) is 3. The number of benzene rings is 21. The zero-order chi connectivity index (χ0) is 75.6. The van der Waals surface area contributed by atoms with Crippen LogP contribution in [0.2, 0.25) is 0 Å². The lowest BCUT2D eigenvalue weighted by Gasteiger charge is -2.25. The SMILES string of the molecule is c1ccc(-c2ccc3c(c2)c2cc4ccc5ccc(-c6ccc(N(c7ccccc7)c7ccccc7)cc6)c6ccc(c4c56)c2n3-c2ccccc2)cc1.c1ccc(N(c2ccccc2)c2ccc(-c3ccc4ccc5cc6c7c(-c8ccc9c(c8)sc8ccccc89)cccc7n(-c7ccccc7)c6c6ccc3c4c56)cc2)cc1. The second-order valence-electron chi connectivity index (χ2n) is 30.2. The molecule has 0 radical (unpaired) electrons. The Bertz CT molecular complexity index is 7760. The molecule has 4 nitrogen and oxygen atoms in total. The Morgan fingerprint density at radius 3 is 1.10 bits per heavy atom. The minimum atomic E-state index is 1.12. The summed E-state index contributed by atoms with van der Waals surface area (Å²) < 4.78 is 7.62. The van der Waals surface area contributed by atoms with Crippen molar-refractivity contribution < 1.29 is 0 Å². The summed E-state index contributed by atoms with van der Waals surface area (Å²) in [6, 6.07) is 155. The number of hydrogen-bond donors (Lipinski definition) is 0. The van der Waals surface area contributed by atoms with Gasteiger partial charge in [-0.3, -0.25) is 0 Å². The summed E-state index contributed by atoms with van der Waals surface area (Å²) in [5.41, 5.74) is 23.9. The van der Waals surface area contributed by atoms with Gasteiger partial charge in [0.1, 0.15) is 0 Å². The summed E-state index contributed by atoms with van der Waals surface area (Å²) in [4.78, 5) is 4.63.